The number of nitrogens with zero attached hydrogens (tertiary/aromatic N) is 4. The van der Waals surface area contributed by atoms with Crippen LogP contribution in [0, 0.1) is 6.92 Å². The van der Waals surface area contributed by atoms with Crippen molar-refractivity contribution in [1.29, 1.82) is 0 Å². The minimum absolute atomic E-state index is 0.145. The summed E-state index contributed by atoms with van der Waals surface area (Å²) in [5.41, 5.74) is 2.68. The van der Waals surface area contributed by atoms with Gasteiger partial charge in [0.05, 0.1) is 38.9 Å². The van der Waals surface area contributed by atoms with E-state index in [1.807, 2.05) is 0 Å². The van der Waals surface area contributed by atoms with Crippen LogP contribution in [0.2, 0.25) is 0 Å². The average Bonchev–Trinajstić information content (AvgIpc) is 3.34. The van der Waals surface area contributed by atoms with Crippen LogP contribution in [0.5, 0.6) is 0 Å². The van der Waals surface area contributed by atoms with Crippen LogP contribution in [-0.2, 0) is 24.1 Å². The first-order valence-corrected chi connectivity index (χ1v) is 11.5. The highest BCUT2D eigenvalue weighted by atomic mass is 32.2. The molecule has 1 aliphatic heterocycles. The van der Waals surface area contributed by atoms with Gasteiger partial charge in [0.2, 0.25) is 10.0 Å². The molecule has 1 unspecified atom stereocenters. The highest BCUT2D eigenvalue weighted by molar-refractivity contribution is 7.89. The number of aromatic nitrogens is 3. The number of imidazole rings is 1. The van der Waals surface area contributed by atoms with Crippen LogP contribution in [0.25, 0.3) is 11.0 Å². The van der Waals surface area contributed by atoms with Crippen LogP contribution in [0.15, 0.2) is 40.0 Å². The molecule has 31 heavy (non-hydrogen) atoms. The van der Waals surface area contributed by atoms with Gasteiger partial charge in [-0.05, 0) is 50.1 Å². The van der Waals surface area contributed by atoms with E-state index in [1.54, 1.807) is 58.4 Å². The van der Waals surface area contributed by atoms with Crippen LogP contribution in [0.3, 0.4) is 0 Å². The van der Waals surface area contributed by atoms with Crippen molar-refractivity contribution in [3.05, 3.63) is 57.8 Å². The van der Waals surface area contributed by atoms with Crippen LogP contribution in [0.4, 0.5) is 0 Å². The van der Waals surface area contributed by atoms with E-state index in [0.717, 1.165) is 0 Å². The molecule has 0 bridgehead atoms. The lowest BCUT2D eigenvalue weighted by molar-refractivity contribution is 0.0962. The zero-order valence-corrected chi connectivity index (χ0v) is 18.7. The molecule has 1 atom stereocenters. The second-order valence-electron chi connectivity index (χ2n) is 7.77. The minimum atomic E-state index is -3.80. The summed E-state index contributed by atoms with van der Waals surface area (Å²) in [6, 6.07) is 7.76. The number of sulfonamides is 1. The molecule has 0 spiro atoms. The molecule has 1 N–H and O–H groups in total. The van der Waals surface area contributed by atoms with Gasteiger partial charge in [-0.25, -0.2) is 13.2 Å². The largest absolute Gasteiger partial charge is 0.355 e. The maximum atomic E-state index is 13.5. The number of carbonyl (C=O) groups excluding carboxylic acids is 1. The number of nitrogens with one attached hydrogen (secondary N) is 1. The average molecular weight is 444 g/mol. The number of rotatable bonds is 4. The van der Waals surface area contributed by atoms with Gasteiger partial charge in [-0.3, -0.25) is 18.9 Å². The van der Waals surface area contributed by atoms with Crippen molar-refractivity contribution in [3.8, 4) is 0 Å². The highest BCUT2D eigenvalue weighted by Crippen LogP contribution is 2.36. The maximum absolute atomic E-state index is 13.5. The second-order valence-corrected chi connectivity index (χ2v) is 9.66. The fraction of sp³-hybridized carbons (Fsp3) is 0.381. The zero-order chi connectivity index (χ0) is 22.5. The first kappa shape index (κ1) is 21.3. The number of hydrogen-bond acceptors (Lipinski definition) is 5. The van der Waals surface area contributed by atoms with Gasteiger partial charge < -0.3 is 5.32 Å². The van der Waals surface area contributed by atoms with Crippen molar-refractivity contribution in [2.75, 3.05) is 13.6 Å². The number of benzene rings is 1. The molecule has 164 valence electrons. The van der Waals surface area contributed by atoms with Crippen LogP contribution < -0.4 is 11.0 Å². The fourth-order valence-electron chi connectivity index (χ4n) is 4.25. The van der Waals surface area contributed by atoms with Crippen molar-refractivity contribution < 1.29 is 13.2 Å². The number of hydrogen-bond donors (Lipinski definition) is 1. The molecule has 1 saturated heterocycles. The Kier molecular flexibility index (Phi) is 5.22. The first-order valence-electron chi connectivity index (χ1n) is 10.0. The van der Waals surface area contributed by atoms with E-state index in [2.05, 4.69) is 10.3 Å². The number of amides is 1. The monoisotopic (exact) mass is 443 g/mol. The molecule has 3 heterocycles. The topological polar surface area (TPSA) is 106 Å². The molecule has 2 aromatic heterocycles. The Morgan fingerprint density at radius 2 is 1.84 bits per heavy atom. The summed E-state index contributed by atoms with van der Waals surface area (Å²) in [4.78, 5) is 28.8. The summed E-state index contributed by atoms with van der Waals surface area (Å²) in [6.07, 6.45) is 1.37. The standard InChI is InChI=1S/C21H25N5O4S/c1-13-15(20(27)22-2)8-9-16(23-13)17-6-5-11-26(17)31(29,30)14-7-10-18-19(12-14)25(4)21(28)24(18)3/h7-10,12,17H,5-6,11H2,1-4H3,(H,22,27). The third-order valence-corrected chi connectivity index (χ3v) is 7.88. The fourth-order valence-corrected chi connectivity index (χ4v) is 5.94. The Morgan fingerprint density at radius 1 is 1.13 bits per heavy atom. The van der Waals surface area contributed by atoms with E-state index in [4.69, 9.17) is 0 Å². The summed E-state index contributed by atoms with van der Waals surface area (Å²) >= 11 is 0. The summed E-state index contributed by atoms with van der Waals surface area (Å²) in [7, 11) is 1.04. The molecule has 3 aromatic rings. The highest BCUT2D eigenvalue weighted by Gasteiger charge is 2.37. The molecule has 1 amide bonds. The SMILES string of the molecule is CNC(=O)c1ccc(C2CCCN2S(=O)(=O)c2ccc3c(c2)n(C)c(=O)n3C)nc1C. The molecule has 0 saturated carbocycles. The molecule has 0 aliphatic carbocycles. The lowest BCUT2D eigenvalue weighted by Crippen LogP contribution is -2.31. The summed E-state index contributed by atoms with van der Waals surface area (Å²) in [5, 5.41) is 2.58. The third-order valence-electron chi connectivity index (χ3n) is 5.97. The Bertz CT molecular complexity index is 1360. The molecule has 1 aromatic carbocycles. The van der Waals surface area contributed by atoms with Crippen LogP contribution >= 0.6 is 0 Å². The smallest absolute Gasteiger partial charge is 0.328 e. The van der Waals surface area contributed by atoms with Gasteiger partial charge >= 0.3 is 5.69 Å². The molecule has 1 fully saturated rings. The van der Waals surface area contributed by atoms with Gasteiger partial charge in [-0.1, -0.05) is 0 Å². The van der Waals surface area contributed by atoms with E-state index in [9.17, 15) is 18.0 Å². The van der Waals surface area contributed by atoms with Crippen molar-refractivity contribution in [3.63, 3.8) is 0 Å². The normalized spacial score (nSPS) is 17.4. The van der Waals surface area contributed by atoms with Gasteiger partial charge in [0.15, 0.2) is 0 Å². The van der Waals surface area contributed by atoms with Crippen molar-refractivity contribution >= 4 is 27.0 Å². The molecule has 4 rings (SSSR count). The predicted octanol–water partition coefficient (Wildman–Crippen LogP) is 1.47. The summed E-state index contributed by atoms with van der Waals surface area (Å²) in [5.74, 6) is -0.228. The van der Waals surface area contributed by atoms with Crippen LogP contribution in [-0.4, -0.2) is 46.3 Å². The molecule has 1 aliphatic rings. The molecule has 9 nitrogen and oxygen atoms in total. The second kappa shape index (κ2) is 7.61. The zero-order valence-electron chi connectivity index (χ0n) is 17.9. The Balaban J connectivity index is 1.74. The van der Waals surface area contributed by atoms with Crippen molar-refractivity contribution in [2.45, 2.75) is 30.7 Å². The number of fused-ring (bicyclic) bond motifs is 1. The maximum Gasteiger partial charge on any atom is 0.328 e. The van der Waals surface area contributed by atoms with Gasteiger partial charge in [-0.15, -0.1) is 0 Å². The van der Waals surface area contributed by atoms with Crippen molar-refractivity contribution in [1.82, 2.24) is 23.7 Å². The van der Waals surface area contributed by atoms with Gasteiger partial charge in [0.25, 0.3) is 5.91 Å². The predicted molar refractivity (Wildman–Crippen MR) is 116 cm³/mol. The molecule has 10 heteroatoms. The van der Waals surface area contributed by atoms with Gasteiger partial charge in [0.1, 0.15) is 0 Å². The third kappa shape index (κ3) is 3.35. The van der Waals surface area contributed by atoms with E-state index in [-0.39, 0.29) is 16.5 Å². The minimum Gasteiger partial charge on any atom is -0.355 e. The Morgan fingerprint density at radius 3 is 2.52 bits per heavy atom. The van der Waals surface area contributed by atoms with Gasteiger partial charge in [0, 0.05) is 27.7 Å². The van der Waals surface area contributed by atoms with E-state index < -0.39 is 16.1 Å². The molecular formula is C21H25N5O4S. The first-order chi connectivity index (χ1) is 14.7. The van der Waals surface area contributed by atoms with E-state index in [1.165, 1.54) is 13.4 Å². The lowest BCUT2D eigenvalue weighted by Gasteiger charge is -2.24. The summed E-state index contributed by atoms with van der Waals surface area (Å²) < 4.78 is 31.4. The summed E-state index contributed by atoms with van der Waals surface area (Å²) in [6.45, 7) is 2.13. The van der Waals surface area contributed by atoms with Crippen molar-refractivity contribution in [2.24, 2.45) is 14.1 Å². The van der Waals surface area contributed by atoms with Gasteiger partial charge in [-0.2, -0.15) is 4.31 Å². The molecular weight excluding hydrogens is 418 g/mol. The number of pyridine rings is 1. The Hall–Kier alpha value is -2.98. The Labute approximate surface area is 180 Å². The molecule has 0 radical (unpaired) electrons. The lowest BCUT2D eigenvalue weighted by atomic mass is 10.1. The number of carbonyl (C=O) groups is 1. The van der Waals surface area contributed by atoms with E-state index in [0.29, 0.717) is 47.4 Å². The van der Waals surface area contributed by atoms with Crippen LogP contribution in [0.1, 0.15) is 40.6 Å². The number of aryl methyl sites for hydroxylation is 3. The van der Waals surface area contributed by atoms with E-state index >= 15 is 0 Å². The quantitative estimate of drug-likeness (QED) is 0.657.